The van der Waals surface area contributed by atoms with Gasteiger partial charge in [0.2, 0.25) is 0 Å². The molecule has 0 amide bonds. The number of hydrogen-bond donors (Lipinski definition) is 2. The summed E-state index contributed by atoms with van der Waals surface area (Å²) in [5.41, 5.74) is 2.07. The monoisotopic (exact) mass is 270 g/mol. The molecular weight excluding hydrogens is 256 g/mol. The molecule has 4 nitrogen and oxygen atoms in total. The minimum Gasteiger partial charge on any atom is -0.380 e. The highest BCUT2D eigenvalue weighted by molar-refractivity contribution is 7.09. The van der Waals surface area contributed by atoms with E-state index >= 15 is 0 Å². The third kappa shape index (κ3) is 2.66. The smallest absolute Gasteiger partial charge is 0.183 e. The fourth-order valence-electron chi connectivity index (χ4n) is 1.89. The summed E-state index contributed by atoms with van der Waals surface area (Å²) in [5, 5.41) is 12.6. The van der Waals surface area contributed by atoms with Crippen molar-refractivity contribution in [3.8, 4) is 11.4 Å². The van der Waals surface area contributed by atoms with Crippen molar-refractivity contribution in [3.63, 3.8) is 0 Å². The lowest BCUT2D eigenvalue weighted by Gasteiger charge is -2.08. The summed E-state index contributed by atoms with van der Waals surface area (Å²) in [6, 6.07) is 12.3. The lowest BCUT2D eigenvalue weighted by atomic mass is 10.1. The number of rotatable bonds is 4. The van der Waals surface area contributed by atoms with Gasteiger partial charge in [-0.15, -0.1) is 11.3 Å². The van der Waals surface area contributed by atoms with Crippen molar-refractivity contribution < 1.29 is 0 Å². The molecule has 3 aromatic rings. The van der Waals surface area contributed by atoms with Crippen LogP contribution in [0.2, 0.25) is 0 Å². The highest BCUT2D eigenvalue weighted by atomic mass is 32.1. The van der Waals surface area contributed by atoms with Crippen LogP contribution in [0.15, 0.2) is 41.8 Å². The van der Waals surface area contributed by atoms with Gasteiger partial charge in [-0.2, -0.15) is 5.10 Å². The van der Waals surface area contributed by atoms with Crippen LogP contribution in [-0.2, 0) is 6.54 Å². The number of nitrogens with zero attached hydrogens (tertiary/aromatic N) is 2. The maximum Gasteiger partial charge on any atom is 0.183 e. The Balaban J connectivity index is 1.85. The average molecular weight is 270 g/mol. The lowest BCUT2D eigenvalue weighted by Crippen LogP contribution is -1.99. The minimum absolute atomic E-state index is 0.728. The Bertz CT molecular complexity index is 658. The van der Waals surface area contributed by atoms with E-state index in [1.165, 1.54) is 4.88 Å². The number of benzene rings is 1. The van der Waals surface area contributed by atoms with E-state index in [4.69, 9.17) is 0 Å². The Kier molecular flexibility index (Phi) is 3.29. The van der Waals surface area contributed by atoms with E-state index in [1.54, 1.807) is 11.3 Å². The molecule has 0 saturated heterocycles. The maximum atomic E-state index is 4.38. The Hall–Kier alpha value is -2.14. The summed E-state index contributed by atoms with van der Waals surface area (Å²) >= 11 is 1.75. The Morgan fingerprint density at radius 3 is 2.84 bits per heavy atom. The number of hydrogen-bond acceptors (Lipinski definition) is 4. The lowest BCUT2D eigenvalue weighted by molar-refractivity contribution is 1.04. The van der Waals surface area contributed by atoms with Crippen LogP contribution in [0.5, 0.6) is 0 Å². The first-order chi connectivity index (χ1) is 9.33. The molecule has 2 aromatic heterocycles. The summed E-state index contributed by atoms with van der Waals surface area (Å²) in [5.74, 6) is 1.55. The van der Waals surface area contributed by atoms with Gasteiger partial charge in [-0.05, 0) is 30.5 Å². The second-order valence-corrected chi connectivity index (χ2v) is 5.26. The number of anilines is 1. The van der Waals surface area contributed by atoms with Crippen LogP contribution in [0.3, 0.4) is 0 Å². The molecule has 0 fully saturated rings. The summed E-state index contributed by atoms with van der Waals surface area (Å²) in [6.07, 6.45) is 0. The van der Waals surface area contributed by atoms with Crippen molar-refractivity contribution in [2.24, 2.45) is 0 Å². The van der Waals surface area contributed by atoms with Gasteiger partial charge in [0.25, 0.3) is 0 Å². The van der Waals surface area contributed by atoms with Crippen LogP contribution in [0.4, 0.5) is 5.69 Å². The van der Waals surface area contributed by atoms with Gasteiger partial charge in [-0.25, -0.2) is 4.98 Å². The van der Waals surface area contributed by atoms with E-state index in [2.05, 4.69) is 44.1 Å². The molecule has 0 aliphatic rings. The van der Waals surface area contributed by atoms with Gasteiger partial charge in [0.1, 0.15) is 5.82 Å². The molecule has 2 heterocycles. The second kappa shape index (κ2) is 5.24. The summed E-state index contributed by atoms with van der Waals surface area (Å²) in [7, 11) is 0. The van der Waals surface area contributed by atoms with Crippen molar-refractivity contribution in [2.45, 2.75) is 13.5 Å². The van der Waals surface area contributed by atoms with Crippen molar-refractivity contribution in [3.05, 3.63) is 52.5 Å². The van der Waals surface area contributed by atoms with Crippen LogP contribution >= 0.6 is 11.3 Å². The molecule has 96 valence electrons. The molecule has 0 bridgehead atoms. The topological polar surface area (TPSA) is 53.6 Å². The predicted molar refractivity (Wildman–Crippen MR) is 78.2 cm³/mol. The van der Waals surface area contributed by atoms with E-state index < -0.39 is 0 Å². The van der Waals surface area contributed by atoms with E-state index in [0.29, 0.717) is 0 Å². The van der Waals surface area contributed by atoms with Crippen LogP contribution in [-0.4, -0.2) is 15.2 Å². The Morgan fingerprint density at radius 1 is 1.21 bits per heavy atom. The Labute approximate surface area is 115 Å². The molecule has 0 unspecified atom stereocenters. The molecule has 0 radical (unpaired) electrons. The van der Waals surface area contributed by atoms with Crippen molar-refractivity contribution in [2.75, 3.05) is 5.32 Å². The standard InChI is InChI=1S/C14H14N4S/c1-10-16-14(18-17-10)12-6-2-3-7-13(12)15-9-11-5-4-8-19-11/h2-8,15H,9H2,1H3,(H,16,17,18). The third-order valence-corrected chi connectivity index (χ3v) is 3.67. The van der Waals surface area contributed by atoms with E-state index in [1.807, 2.05) is 25.1 Å². The van der Waals surface area contributed by atoms with Gasteiger partial charge < -0.3 is 5.32 Å². The van der Waals surface area contributed by atoms with Gasteiger partial charge in [0.05, 0.1) is 0 Å². The number of aromatic amines is 1. The molecule has 1 aromatic carbocycles. The van der Waals surface area contributed by atoms with E-state index in [0.717, 1.165) is 29.4 Å². The molecule has 0 saturated carbocycles. The average Bonchev–Trinajstić information content (AvgIpc) is 3.08. The minimum atomic E-state index is 0.728. The van der Waals surface area contributed by atoms with Gasteiger partial charge in [0, 0.05) is 22.7 Å². The SMILES string of the molecule is Cc1nc(-c2ccccc2NCc2cccs2)n[nH]1. The number of aryl methyl sites for hydroxylation is 1. The van der Waals surface area contributed by atoms with Crippen molar-refractivity contribution in [1.29, 1.82) is 0 Å². The summed E-state index contributed by atoms with van der Waals surface area (Å²) < 4.78 is 0. The second-order valence-electron chi connectivity index (χ2n) is 4.22. The van der Waals surface area contributed by atoms with Crippen LogP contribution in [0.1, 0.15) is 10.7 Å². The van der Waals surface area contributed by atoms with E-state index in [9.17, 15) is 0 Å². The molecule has 3 rings (SSSR count). The fourth-order valence-corrected chi connectivity index (χ4v) is 2.54. The van der Waals surface area contributed by atoms with Gasteiger partial charge in [-0.3, -0.25) is 5.10 Å². The normalized spacial score (nSPS) is 10.6. The van der Waals surface area contributed by atoms with Crippen LogP contribution < -0.4 is 5.32 Å². The third-order valence-electron chi connectivity index (χ3n) is 2.80. The molecule has 0 aliphatic carbocycles. The molecule has 2 N–H and O–H groups in total. The largest absolute Gasteiger partial charge is 0.380 e. The summed E-state index contributed by atoms with van der Waals surface area (Å²) in [4.78, 5) is 5.69. The first kappa shape index (κ1) is 11.9. The first-order valence-corrected chi connectivity index (χ1v) is 6.95. The highest BCUT2D eigenvalue weighted by Crippen LogP contribution is 2.25. The van der Waals surface area contributed by atoms with Gasteiger partial charge in [-0.1, -0.05) is 18.2 Å². The quantitative estimate of drug-likeness (QED) is 0.763. The maximum absolute atomic E-state index is 4.38. The van der Waals surface area contributed by atoms with E-state index in [-0.39, 0.29) is 0 Å². The predicted octanol–water partition coefficient (Wildman–Crippen LogP) is 3.45. The highest BCUT2D eigenvalue weighted by Gasteiger charge is 2.08. The zero-order chi connectivity index (χ0) is 13.1. The number of nitrogens with one attached hydrogen (secondary N) is 2. The molecule has 5 heteroatoms. The molecule has 0 spiro atoms. The van der Waals surface area contributed by atoms with Crippen molar-refractivity contribution >= 4 is 17.0 Å². The molecule has 19 heavy (non-hydrogen) atoms. The number of aromatic nitrogens is 3. The first-order valence-electron chi connectivity index (χ1n) is 6.07. The summed E-state index contributed by atoms with van der Waals surface area (Å²) in [6.45, 7) is 2.72. The number of thiophene rings is 1. The fraction of sp³-hybridized carbons (Fsp3) is 0.143. The molecule has 0 aliphatic heterocycles. The van der Waals surface area contributed by atoms with Gasteiger partial charge in [0.15, 0.2) is 5.82 Å². The van der Waals surface area contributed by atoms with Crippen LogP contribution in [0, 0.1) is 6.92 Å². The molecule has 0 atom stereocenters. The number of H-pyrrole nitrogens is 1. The van der Waals surface area contributed by atoms with Gasteiger partial charge >= 0.3 is 0 Å². The molecular formula is C14H14N4S. The Morgan fingerprint density at radius 2 is 2.11 bits per heavy atom. The van der Waals surface area contributed by atoms with Crippen LogP contribution in [0.25, 0.3) is 11.4 Å². The zero-order valence-corrected chi connectivity index (χ0v) is 11.4. The zero-order valence-electron chi connectivity index (χ0n) is 10.6. The van der Waals surface area contributed by atoms with Crippen molar-refractivity contribution in [1.82, 2.24) is 15.2 Å². The number of para-hydroxylation sites is 1.